The molecule has 0 saturated heterocycles. The zero-order valence-electron chi connectivity index (χ0n) is 12.9. The Hall–Kier alpha value is -1.85. The van der Waals surface area contributed by atoms with Crippen LogP contribution >= 0.6 is 0 Å². The lowest BCUT2D eigenvalue weighted by Gasteiger charge is -2.10. The zero-order valence-corrected chi connectivity index (χ0v) is 13.7. The minimum atomic E-state index is -3.35. The third kappa shape index (κ3) is 4.58. The Morgan fingerprint density at radius 2 is 1.77 bits per heavy atom. The molecule has 0 aliphatic heterocycles. The molecule has 5 heteroatoms. The molecule has 0 spiro atoms. The van der Waals surface area contributed by atoms with Gasteiger partial charge in [0, 0.05) is 6.54 Å². The number of sulfonamides is 1. The zero-order chi connectivity index (χ0) is 16.0. The molecule has 0 aromatic heterocycles. The van der Waals surface area contributed by atoms with Crippen molar-refractivity contribution in [2.24, 2.45) is 0 Å². The number of aryl methyl sites for hydroxylation is 1. The quantitative estimate of drug-likeness (QED) is 0.854. The van der Waals surface area contributed by atoms with Gasteiger partial charge >= 0.3 is 0 Å². The first kappa shape index (κ1) is 16.5. The van der Waals surface area contributed by atoms with Gasteiger partial charge in [-0.05, 0) is 29.2 Å². The molecule has 4 nitrogen and oxygen atoms in total. The highest BCUT2D eigenvalue weighted by Gasteiger charge is 2.11. The molecule has 0 bridgehead atoms. The average molecular weight is 319 g/mol. The van der Waals surface area contributed by atoms with Crippen LogP contribution in [0.3, 0.4) is 0 Å². The summed E-state index contributed by atoms with van der Waals surface area (Å²) in [5, 5.41) is 0. The van der Waals surface area contributed by atoms with Gasteiger partial charge < -0.3 is 4.74 Å². The summed E-state index contributed by atoms with van der Waals surface area (Å²) in [5.74, 6) is 0.823. The van der Waals surface area contributed by atoms with Crippen molar-refractivity contribution in [2.75, 3.05) is 7.11 Å². The molecule has 0 fully saturated rings. The van der Waals surface area contributed by atoms with Crippen molar-refractivity contribution in [3.05, 3.63) is 65.2 Å². The van der Waals surface area contributed by atoms with Gasteiger partial charge in [-0.1, -0.05) is 49.4 Å². The summed E-state index contributed by atoms with van der Waals surface area (Å²) in [6.07, 6.45) is 0.841. The summed E-state index contributed by atoms with van der Waals surface area (Å²) in [4.78, 5) is 0. The number of rotatable bonds is 7. The number of nitrogens with one attached hydrogen (secondary N) is 1. The Bertz CT molecular complexity index is 712. The first-order valence-electron chi connectivity index (χ1n) is 7.21. The first-order valence-corrected chi connectivity index (χ1v) is 8.86. The highest BCUT2D eigenvalue weighted by atomic mass is 32.2. The van der Waals surface area contributed by atoms with Crippen molar-refractivity contribution in [1.29, 1.82) is 0 Å². The SMILES string of the molecule is CCc1cc(CNS(=O)(=O)Cc2ccccc2)ccc1OC. The molecule has 22 heavy (non-hydrogen) atoms. The van der Waals surface area contributed by atoms with Gasteiger partial charge in [0.15, 0.2) is 0 Å². The Balaban J connectivity index is 2.03. The fraction of sp³-hybridized carbons (Fsp3) is 0.294. The van der Waals surface area contributed by atoms with E-state index >= 15 is 0 Å². The summed E-state index contributed by atoms with van der Waals surface area (Å²) in [6, 6.07) is 14.9. The normalized spacial score (nSPS) is 11.4. The van der Waals surface area contributed by atoms with Crippen molar-refractivity contribution < 1.29 is 13.2 Å². The van der Waals surface area contributed by atoms with E-state index in [2.05, 4.69) is 4.72 Å². The molecular formula is C17H21NO3S. The maximum absolute atomic E-state index is 12.1. The van der Waals surface area contributed by atoms with Crippen molar-refractivity contribution in [3.8, 4) is 5.75 Å². The summed E-state index contributed by atoms with van der Waals surface area (Å²) in [5.41, 5.74) is 2.77. The predicted molar refractivity (Wildman–Crippen MR) is 88.3 cm³/mol. The summed E-state index contributed by atoms with van der Waals surface area (Å²) < 4.78 is 32.2. The van der Waals surface area contributed by atoms with Gasteiger partial charge in [0.1, 0.15) is 5.75 Å². The monoisotopic (exact) mass is 319 g/mol. The average Bonchev–Trinajstić information content (AvgIpc) is 2.53. The van der Waals surface area contributed by atoms with Crippen molar-refractivity contribution in [3.63, 3.8) is 0 Å². The highest BCUT2D eigenvalue weighted by molar-refractivity contribution is 7.88. The summed E-state index contributed by atoms with van der Waals surface area (Å²) in [7, 11) is -1.71. The third-order valence-electron chi connectivity index (χ3n) is 3.42. The Morgan fingerprint density at radius 3 is 2.41 bits per heavy atom. The smallest absolute Gasteiger partial charge is 0.216 e. The van der Waals surface area contributed by atoms with E-state index in [1.165, 1.54) is 0 Å². The molecule has 2 aromatic carbocycles. The molecule has 0 amide bonds. The molecule has 0 aliphatic rings. The second-order valence-electron chi connectivity index (χ2n) is 5.07. The van der Waals surface area contributed by atoms with Crippen LogP contribution in [0, 0.1) is 0 Å². The maximum Gasteiger partial charge on any atom is 0.216 e. The molecule has 0 radical (unpaired) electrons. The Kier molecular flexibility index (Phi) is 5.57. The topological polar surface area (TPSA) is 55.4 Å². The fourth-order valence-electron chi connectivity index (χ4n) is 2.26. The van der Waals surface area contributed by atoms with Gasteiger partial charge in [0.05, 0.1) is 12.9 Å². The number of hydrogen-bond acceptors (Lipinski definition) is 3. The molecule has 2 aromatic rings. The van der Waals surface area contributed by atoms with Crippen LogP contribution in [0.5, 0.6) is 5.75 Å². The summed E-state index contributed by atoms with van der Waals surface area (Å²) >= 11 is 0. The van der Waals surface area contributed by atoms with Gasteiger partial charge in [-0.15, -0.1) is 0 Å². The number of benzene rings is 2. The van der Waals surface area contributed by atoms with Gasteiger partial charge in [-0.2, -0.15) is 0 Å². The van der Waals surface area contributed by atoms with Crippen molar-refractivity contribution >= 4 is 10.0 Å². The summed E-state index contributed by atoms with van der Waals surface area (Å²) in [6.45, 7) is 2.33. The molecular weight excluding hydrogens is 298 g/mol. The second-order valence-corrected chi connectivity index (χ2v) is 6.87. The van der Waals surface area contributed by atoms with Crippen LogP contribution in [0.15, 0.2) is 48.5 Å². The molecule has 0 atom stereocenters. The van der Waals surface area contributed by atoms with E-state index in [1.54, 1.807) is 7.11 Å². The molecule has 0 heterocycles. The molecule has 0 saturated carbocycles. The second kappa shape index (κ2) is 7.42. The largest absolute Gasteiger partial charge is 0.496 e. The van der Waals surface area contributed by atoms with Crippen molar-refractivity contribution in [1.82, 2.24) is 4.72 Å². The predicted octanol–water partition coefficient (Wildman–Crippen LogP) is 2.88. The van der Waals surface area contributed by atoms with E-state index < -0.39 is 10.0 Å². The van der Waals surface area contributed by atoms with Crippen molar-refractivity contribution in [2.45, 2.75) is 25.6 Å². The van der Waals surface area contributed by atoms with Crippen LogP contribution in [-0.4, -0.2) is 15.5 Å². The van der Waals surface area contributed by atoms with Gasteiger partial charge in [0.25, 0.3) is 0 Å². The van der Waals surface area contributed by atoms with E-state index in [0.29, 0.717) is 0 Å². The van der Waals surface area contributed by atoms with Crippen LogP contribution in [0.25, 0.3) is 0 Å². The minimum absolute atomic E-state index is 0.00930. The van der Waals surface area contributed by atoms with Gasteiger partial charge in [0.2, 0.25) is 10.0 Å². The van der Waals surface area contributed by atoms with Crippen LogP contribution in [0.2, 0.25) is 0 Å². The Morgan fingerprint density at radius 1 is 1.05 bits per heavy atom. The van der Waals surface area contributed by atoms with E-state index in [-0.39, 0.29) is 12.3 Å². The lowest BCUT2D eigenvalue weighted by Crippen LogP contribution is -2.24. The van der Waals surface area contributed by atoms with E-state index in [1.807, 2.05) is 55.5 Å². The molecule has 1 N–H and O–H groups in total. The number of hydrogen-bond donors (Lipinski definition) is 1. The van der Waals surface area contributed by atoms with Crippen LogP contribution < -0.4 is 9.46 Å². The molecule has 0 aliphatic carbocycles. The van der Waals surface area contributed by atoms with Crippen LogP contribution in [-0.2, 0) is 28.7 Å². The maximum atomic E-state index is 12.1. The minimum Gasteiger partial charge on any atom is -0.496 e. The standard InChI is InChI=1S/C17H21NO3S/c1-3-16-11-15(9-10-17(16)21-2)12-18-22(19,20)13-14-7-5-4-6-8-14/h4-11,18H,3,12-13H2,1-2H3. The lowest BCUT2D eigenvalue weighted by atomic mass is 10.1. The van der Waals surface area contributed by atoms with Gasteiger partial charge in [-0.25, -0.2) is 13.1 Å². The Labute approximate surface area is 132 Å². The van der Waals surface area contributed by atoms with Crippen LogP contribution in [0.1, 0.15) is 23.6 Å². The lowest BCUT2D eigenvalue weighted by molar-refractivity contribution is 0.410. The molecule has 2 rings (SSSR count). The number of methoxy groups -OCH3 is 1. The van der Waals surface area contributed by atoms with Crippen LogP contribution in [0.4, 0.5) is 0 Å². The van der Waals surface area contributed by atoms with E-state index in [4.69, 9.17) is 4.74 Å². The fourth-order valence-corrected chi connectivity index (χ4v) is 3.38. The first-order chi connectivity index (χ1) is 10.5. The van der Waals surface area contributed by atoms with E-state index in [9.17, 15) is 8.42 Å². The molecule has 118 valence electrons. The van der Waals surface area contributed by atoms with Gasteiger partial charge in [-0.3, -0.25) is 0 Å². The molecule has 0 unspecified atom stereocenters. The highest BCUT2D eigenvalue weighted by Crippen LogP contribution is 2.20. The van der Waals surface area contributed by atoms with E-state index in [0.717, 1.165) is 28.9 Å². The third-order valence-corrected chi connectivity index (χ3v) is 4.72. The number of ether oxygens (including phenoxy) is 1.